The molecule has 20 heavy (non-hydrogen) atoms. The molecule has 0 saturated carbocycles. The van der Waals surface area contributed by atoms with Crippen molar-refractivity contribution in [3.05, 3.63) is 0 Å². The molecule has 1 aliphatic heterocycles. The van der Waals surface area contributed by atoms with Crippen LogP contribution in [0.15, 0.2) is 0 Å². The minimum Gasteiger partial charge on any atom is -0.420 e. The van der Waals surface area contributed by atoms with Gasteiger partial charge in [0.1, 0.15) is 0 Å². The highest BCUT2D eigenvalue weighted by molar-refractivity contribution is 6.84. The lowest BCUT2D eigenvalue weighted by Gasteiger charge is -2.46. The van der Waals surface area contributed by atoms with Crippen LogP contribution in [0.5, 0.6) is 0 Å². The van der Waals surface area contributed by atoms with Crippen molar-refractivity contribution < 1.29 is 17.1 Å². The third-order valence-electron chi connectivity index (χ3n) is 3.49. The fourth-order valence-corrected chi connectivity index (χ4v) is 16.7. The summed E-state index contributed by atoms with van der Waals surface area (Å²) in [5, 5.41) is 0. The van der Waals surface area contributed by atoms with Crippen LogP contribution in [0.25, 0.3) is 0 Å². The molecule has 0 amide bonds. The van der Waals surface area contributed by atoms with Gasteiger partial charge in [0, 0.05) is 0 Å². The molecule has 1 fully saturated rings. The van der Waals surface area contributed by atoms with Gasteiger partial charge in [-0.1, -0.05) is 41.5 Å². The first kappa shape index (κ1) is 18.5. The molecule has 0 aromatic rings. The second kappa shape index (κ2) is 7.66. The smallest absolute Gasteiger partial charge is 0.349 e. The zero-order valence-corrected chi connectivity index (χ0v) is 17.6. The van der Waals surface area contributed by atoms with E-state index in [0.717, 1.165) is 0 Å². The highest BCUT2D eigenvalue weighted by Gasteiger charge is 2.52. The van der Waals surface area contributed by atoms with E-state index in [4.69, 9.17) is 17.1 Å². The van der Waals surface area contributed by atoms with Crippen LogP contribution in [0, 0.1) is 0 Å². The fraction of sp³-hybridized carbons (Fsp3) is 1.00. The van der Waals surface area contributed by atoms with E-state index in [1.165, 1.54) is 0 Å². The molecule has 0 aromatic carbocycles. The van der Waals surface area contributed by atoms with Gasteiger partial charge in [-0.15, -0.1) is 0 Å². The summed E-state index contributed by atoms with van der Waals surface area (Å²) in [5.74, 6) is 0. The largest absolute Gasteiger partial charge is 0.420 e. The third kappa shape index (κ3) is 4.76. The van der Waals surface area contributed by atoms with Gasteiger partial charge in [-0.2, -0.15) is 0 Å². The van der Waals surface area contributed by atoms with Crippen LogP contribution >= 0.6 is 0 Å². The molecular formula is C13H32O4Si3. The Bertz CT molecular complexity index is 281. The average Bonchev–Trinajstić information content (AvgIpc) is 2.35. The number of rotatable bonds is 6. The maximum Gasteiger partial charge on any atom is 0.349 e. The summed E-state index contributed by atoms with van der Waals surface area (Å²) < 4.78 is 25.1. The van der Waals surface area contributed by atoms with Crippen LogP contribution < -0.4 is 0 Å². The van der Waals surface area contributed by atoms with E-state index in [-0.39, 0.29) is 6.10 Å². The summed E-state index contributed by atoms with van der Waals surface area (Å²) in [6.45, 7) is 17.4. The third-order valence-corrected chi connectivity index (χ3v) is 15.2. The SMILES string of the molecule is CC(C)OC[Si]1(C(C)C)O[SiH](C(C)C)O[SiH](C(C)C)O1. The molecule has 0 bridgehead atoms. The summed E-state index contributed by atoms with van der Waals surface area (Å²) in [7, 11) is -5.58. The molecular weight excluding hydrogens is 304 g/mol. The van der Waals surface area contributed by atoms with Crippen LogP contribution in [-0.2, 0) is 17.1 Å². The summed E-state index contributed by atoms with van der Waals surface area (Å²) in [4.78, 5) is 0. The lowest BCUT2D eigenvalue weighted by atomic mass is 10.5. The highest BCUT2D eigenvalue weighted by Crippen LogP contribution is 2.35. The van der Waals surface area contributed by atoms with Gasteiger partial charge in [-0.3, -0.25) is 0 Å². The molecule has 0 spiro atoms. The zero-order valence-electron chi connectivity index (χ0n) is 14.3. The highest BCUT2D eigenvalue weighted by atomic mass is 28.5. The molecule has 4 nitrogen and oxygen atoms in total. The monoisotopic (exact) mass is 336 g/mol. The predicted molar refractivity (Wildman–Crippen MR) is 89.7 cm³/mol. The first-order valence-corrected chi connectivity index (χ1v) is 13.1. The van der Waals surface area contributed by atoms with Crippen LogP contribution in [0.2, 0.25) is 16.6 Å². The summed E-state index contributed by atoms with van der Waals surface area (Å²) in [5.41, 5.74) is 1.36. The van der Waals surface area contributed by atoms with Crippen molar-refractivity contribution in [3.8, 4) is 0 Å². The van der Waals surface area contributed by atoms with Gasteiger partial charge in [-0.05, 0) is 30.5 Å². The number of hydrogen-bond donors (Lipinski definition) is 0. The molecule has 120 valence electrons. The Kier molecular flexibility index (Phi) is 7.10. The molecule has 0 aliphatic carbocycles. The van der Waals surface area contributed by atoms with Gasteiger partial charge in [0.25, 0.3) is 0 Å². The van der Waals surface area contributed by atoms with Crippen molar-refractivity contribution in [2.24, 2.45) is 0 Å². The van der Waals surface area contributed by atoms with Gasteiger partial charge in [0.05, 0.1) is 12.3 Å². The van der Waals surface area contributed by atoms with Crippen molar-refractivity contribution >= 4 is 27.1 Å². The van der Waals surface area contributed by atoms with Crippen LogP contribution in [0.3, 0.4) is 0 Å². The lowest BCUT2D eigenvalue weighted by Crippen LogP contribution is -2.64. The summed E-state index contributed by atoms with van der Waals surface area (Å²) in [6.07, 6.45) is 0.851. The van der Waals surface area contributed by atoms with Gasteiger partial charge in [0.15, 0.2) is 0 Å². The Balaban J connectivity index is 2.93. The lowest BCUT2D eigenvalue weighted by molar-refractivity contribution is 0.0839. The van der Waals surface area contributed by atoms with Crippen LogP contribution in [-0.4, -0.2) is 39.5 Å². The average molecular weight is 337 g/mol. The van der Waals surface area contributed by atoms with Crippen molar-refractivity contribution in [1.29, 1.82) is 0 Å². The normalized spacial score (nSPS) is 31.8. The fourth-order valence-electron chi connectivity index (χ4n) is 1.98. The van der Waals surface area contributed by atoms with Gasteiger partial charge in [-0.25, -0.2) is 0 Å². The molecule has 2 atom stereocenters. The Hall–Kier alpha value is 0.491. The number of ether oxygens (including phenoxy) is 1. The van der Waals surface area contributed by atoms with Crippen LogP contribution in [0.1, 0.15) is 55.4 Å². The van der Waals surface area contributed by atoms with E-state index in [2.05, 4.69) is 55.4 Å². The van der Waals surface area contributed by atoms with E-state index < -0.39 is 27.1 Å². The van der Waals surface area contributed by atoms with E-state index in [1.54, 1.807) is 0 Å². The molecule has 2 unspecified atom stereocenters. The Morgan fingerprint density at radius 2 is 1.30 bits per heavy atom. The van der Waals surface area contributed by atoms with Crippen molar-refractivity contribution in [1.82, 2.24) is 0 Å². The van der Waals surface area contributed by atoms with Crippen LogP contribution in [0.4, 0.5) is 0 Å². The second-order valence-electron chi connectivity index (χ2n) is 6.92. The molecule has 0 aromatic heterocycles. The Morgan fingerprint density at radius 1 is 0.850 bits per heavy atom. The molecule has 1 saturated heterocycles. The van der Waals surface area contributed by atoms with E-state index in [9.17, 15) is 0 Å². The minimum absolute atomic E-state index is 0.214. The molecule has 1 rings (SSSR count). The van der Waals surface area contributed by atoms with E-state index >= 15 is 0 Å². The van der Waals surface area contributed by atoms with Gasteiger partial charge >= 0.3 is 27.1 Å². The van der Waals surface area contributed by atoms with Crippen molar-refractivity contribution in [2.45, 2.75) is 78.1 Å². The van der Waals surface area contributed by atoms with E-state index in [1.807, 2.05) is 0 Å². The van der Waals surface area contributed by atoms with Crippen molar-refractivity contribution in [2.75, 3.05) is 6.23 Å². The standard InChI is InChI=1S/C13H32O4Si3/c1-10(2)14-9-20(13(7)8)16-18(11(3)4)15-19(17-20)12(5)6/h10-13,18-19H,9H2,1-8H3. The Labute approximate surface area is 129 Å². The van der Waals surface area contributed by atoms with Gasteiger partial charge in [0.2, 0.25) is 0 Å². The molecule has 1 heterocycles. The first-order valence-electron chi connectivity index (χ1n) is 7.80. The minimum atomic E-state index is -2.30. The molecule has 0 N–H and O–H groups in total. The predicted octanol–water partition coefficient (Wildman–Crippen LogP) is 3.13. The summed E-state index contributed by atoms with van der Waals surface area (Å²) >= 11 is 0. The number of hydrogen-bond acceptors (Lipinski definition) is 4. The first-order chi connectivity index (χ1) is 9.18. The maximum absolute atomic E-state index is 6.47. The Morgan fingerprint density at radius 3 is 1.60 bits per heavy atom. The maximum atomic E-state index is 6.47. The topological polar surface area (TPSA) is 36.9 Å². The second-order valence-corrected chi connectivity index (χ2v) is 17.1. The zero-order chi connectivity index (χ0) is 15.5. The van der Waals surface area contributed by atoms with E-state index in [0.29, 0.717) is 22.9 Å². The molecule has 7 heteroatoms. The van der Waals surface area contributed by atoms with Gasteiger partial charge < -0.3 is 17.1 Å². The molecule has 0 radical (unpaired) electrons. The molecule has 1 aliphatic rings. The summed E-state index contributed by atoms with van der Waals surface area (Å²) in [6, 6.07) is 0. The van der Waals surface area contributed by atoms with Crippen molar-refractivity contribution in [3.63, 3.8) is 0 Å². The quantitative estimate of drug-likeness (QED) is 0.698.